The Hall–Kier alpha value is -0.830. The van der Waals surface area contributed by atoms with Crippen LogP contribution in [0.15, 0.2) is 6.20 Å². The Morgan fingerprint density at radius 1 is 1.31 bits per heavy atom. The normalized spacial score (nSPS) is 26.1. The third-order valence-corrected chi connectivity index (χ3v) is 3.83. The van der Waals surface area contributed by atoms with Crippen LogP contribution in [-0.4, -0.2) is 20.2 Å². The fourth-order valence-electron chi connectivity index (χ4n) is 2.73. The van der Waals surface area contributed by atoms with Crippen molar-refractivity contribution in [1.29, 1.82) is 0 Å². The van der Waals surface area contributed by atoms with Crippen molar-refractivity contribution in [3.63, 3.8) is 0 Å². The van der Waals surface area contributed by atoms with Crippen LogP contribution in [0.3, 0.4) is 0 Å². The summed E-state index contributed by atoms with van der Waals surface area (Å²) >= 11 is 0. The summed E-state index contributed by atoms with van der Waals surface area (Å²) < 4.78 is 2.20. The van der Waals surface area contributed by atoms with Crippen molar-refractivity contribution in [2.24, 2.45) is 0 Å². The van der Waals surface area contributed by atoms with Crippen molar-refractivity contribution in [2.75, 3.05) is 0 Å². The lowest BCUT2D eigenvalue weighted by atomic mass is 10.1. The van der Waals surface area contributed by atoms with E-state index in [1.54, 1.807) is 0 Å². The monoisotopic (exact) mass is 219 g/mol. The summed E-state index contributed by atoms with van der Waals surface area (Å²) in [5.41, 5.74) is 2.98. The lowest BCUT2D eigenvalue weighted by Crippen LogP contribution is -2.39. The Kier molecular flexibility index (Phi) is 2.00. The number of hydrogen-bond acceptors (Lipinski definition) is 2. The highest BCUT2D eigenvalue weighted by Gasteiger charge is 2.37. The van der Waals surface area contributed by atoms with Gasteiger partial charge in [0.1, 0.15) is 0 Å². The van der Waals surface area contributed by atoms with Crippen molar-refractivity contribution in [3.05, 3.63) is 17.5 Å². The first-order chi connectivity index (χ1) is 7.47. The van der Waals surface area contributed by atoms with Gasteiger partial charge in [0, 0.05) is 23.8 Å². The van der Waals surface area contributed by atoms with Gasteiger partial charge in [-0.2, -0.15) is 5.10 Å². The minimum atomic E-state index is 0.234. The highest BCUT2D eigenvalue weighted by molar-refractivity contribution is 5.26. The predicted octanol–water partition coefficient (Wildman–Crippen LogP) is 2.89. The lowest BCUT2D eigenvalue weighted by molar-refractivity contribution is 0.0972. The van der Waals surface area contributed by atoms with E-state index in [0.717, 1.165) is 6.54 Å². The molecule has 1 saturated carbocycles. The summed E-state index contributed by atoms with van der Waals surface area (Å²) in [5, 5.41) is 4.77. The highest BCUT2D eigenvalue weighted by Crippen LogP contribution is 2.40. The number of nitrogens with zero attached hydrogens (tertiary/aromatic N) is 3. The van der Waals surface area contributed by atoms with Gasteiger partial charge in [0.15, 0.2) is 0 Å². The molecule has 1 fully saturated rings. The second kappa shape index (κ2) is 3.10. The summed E-state index contributed by atoms with van der Waals surface area (Å²) in [6, 6.07) is 1.18. The molecule has 3 nitrogen and oxygen atoms in total. The fourth-order valence-corrected chi connectivity index (χ4v) is 2.73. The second-order valence-corrected chi connectivity index (χ2v) is 6.23. The van der Waals surface area contributed by atoms with E-state index in [0.29, 0.717) is 12.1 Å². The van der Waals surface area contributed by atoms with Crippen LogP contribution >= 0.6 is 0 Å². The number of aromatic nitrogens is 2. The number of rotatable bonds is 1. The largest absolute Gasteiger partial charge is 0.286 e. The van der Waals surface area contributed by atoms with E-state index in [2.05, 4.69) is 43.5 Å². The van der Waals surface area contributed by atoms with E-state index in [1.165, 1.54) is 24.1 Å². The molecule has 0 unspecified atom stereocenters. The van der Waals surface area contributed by atoms with E-state index in [4.69, 9.17) is 5.10 Å². The molecule has 88 valence electrons. The highest BCUT2D eigenvalue weighted by atomic mass is 15.3. The van der Waals surface area contributed by atoms with Crippen molar-refractivity contribution < 1.29 is 0 Å². The van der Waals surface area contributed by atoms with Crippen LogP contribution in [0.5, 0.6) is 0 Å². The Morgan fingerprint density at radius 2 is 2.00 bits per heavy atom. The molecule has 0 spiro atoms. The van der Waals surface area contributed by atoms with Gasteiger partial charge in [0.05, 0.1) is 17.8 Å². The van der Waals surface area contributed by atoms with Crippen LogP contribution in [0.1, 0.15) is 63.9 Å². The third kappa shape index (κ3) is 1.49. The molecule has 0 saturated heterocycles. The first-order valence-electron chi connectivity index (χ1n) is 6.31. The zero-order valence-corrected chi connectivity index (χ0v) is 10.7. The molecule has 1 atom stereocenters. The summed E-state index contributed by atoms with van der Waals surface area (Å²) in [6.45, 7) is 10.2. The van der Waals surface area contributed by atoms with Gasteiger partial charge in [-0.25, -0.2) is 0 Å². The summed E-state index contributed by atoms with van der Waals surface area (Å²) in [6.07, 6.45) is 4.91. The summed E-state index contributed by atoms with van der Waals surface area (Å²) in [4.78, 5) is 2.53. The predicted molar refractivity (Wildman–Crippen MR) is 64.2 cm³/mol. The van der Waals surface area contributed by atoms with Gasteiger partial charge < -0.3 is 0 Å². The van der Waals surface area contributed by atoms with Gasteiger partial charge in [-0.1, -0.05) is 0 Å². The molecular weight excluding hydrogens is 198 g/mol. The molecule has 0 N–H and O–H groups in total. The van der Waals surface area contributed by atoms with Crippen molar-refractivity contribution in [1.82, 2.24) is 14.7 Å². The van der Waals surface area contributed by atoms with Crippen LogP contribution < -0.4 is 0 Å². The molecule has 0 radical (unpaired) electrons. The average Bonchev–Trinajstić information content (AvgIpc) is 2.85. The van der Waals surface area contributed by atoms with Gasteiger partial charge in [-0.15, -0.1) is 0 Å². The Balaban J connectivity index is 1.88. The van der Waals surface area contributed by atoms with Gasteiger partial charge in [-0.3, -0.25) is 9.58 Å². The van der Waals surface area contributed by atoms with E-state index in [9.17, 15) is 0 Å². The van der Waals surface area contributed by atoms with Crippen LogP contribution in [0.2, 0.25) is 0 Å². The van der Waals surface area contributed by atoms with E-state index in [-0.39, 0.29) is 5.54 Å². The Morgan fingerprint density at radius 3 is 2.50 bits per heavy atom. The van der Waals surface area contributed by atoms with E-state index >= 15 is 0 Å². The Labute approximate surface area is 97.4 Å². The average molecular weight is 219 g/mol. The second-order valence-electron chi connectivity index (χ2n) is 6.23. The summed E-state index contributed by atoms with van der Waals surface area (Å²) in [7, 11) is 0. The van der Waals surface area contributed by atoms with Crippen molar-refractivity contribution >= 4 is 0 Å². The van der Waals surface area contributed by atoms with Crippen LogP contribution in [0.4, 0.5) is 0 Å². The smallest absolute Gasteiger partial charge is 0.0838 e. The van der Waals surface area contributed by atoms with Crippen molar-refractivity contribution in [3.8, 4) is 0 Å². The first kappa shape index (κ1) is 10.3. The standard InChI is InChI=1S/C13H21N3/c1-9-12-10(7-15(9)13(2,3)4)8-16(14-12)11-5-6-11/h8-9,11H,5-7H2,1-4H3/t9-/m1/s1. The van der Waals surface area contributed by atoms with Crippen molar-refractivity contribution in [2.45, 2.75) is 64.7 Å². The van der Waals surface area contributed by atoms with E-state index < -0.39 is 0 Å². The van der Waals surface area contributed by atoms with Gasteiger partial charge in [0.25, 0.3) is 0 Å². The molecule has 0 aromatic carbocycles. The number of fused-ring (bicyclic) bond motifs is 1. The lowest BCUT2D eigenvalue weighted by Gasteiger charge is -2.35. The summed E-state index contributed by atoms with van der Waals surface area (Å²) in [5.74, 6) is 0. The first-order valence-corrected chi connectivity index (χ1v) is 6.31. The molecule has 0 bridgehead atoms. The molecule has 1 aromatic rings. The maximum absolute atomic E-state index is 4.77. The maximum atomic E-state index is 4.77. The van der Waals surface area contributed by atoms with Crippen LogP contribution in [0, 0.1) is 0 Å². The zero-order chi connectivity index (χ0) is 11.5. The van der Waals surface area contributed by atoms with Gasteiger partial charge in [0.2, 0.25) is 0 Å². The molecule has 1 aromatic heterocycles. The topological polar surface area (TPSA) is 21.1 Å². The van der Waals surface area contributed by atoms with Crippen LogP contribution in [-0.2, 0) is 6.54 Å². The molecule has 3 rings (SSSR count). The fraction of sp³-hybridized carbons (Fsp3) is 0.769. The van der Waals surface area contributed by atoms with Gasteiger partial charge >= 0.3 is 0 Å². The molecular formula is C13H21N3. The minimum Gasteiger partial charge on any atom is -0.286 e. The molecule has 3 heteroatoms. The minimum absolute atomic E-state index is 0.234. The Bertz CT molecular complexity index is 409. The third-order valence-electron chi connectivity index (χ3n) is 3.83. The van der Waals surface area contributed by atoms with E-state index in [1.807, 2.05) is 0 Å². The number of hydrogen-bond donors (Lipinski definition) is 0. The molecule has 1 aliphatic carbocycles. The molecule has 0 amide bonds. The SMILES string of the molecule is C[C@@H]1c2nn(C3CC3)cc2CN1C(C)(C)C. The van der Waals surface area contributed by atoms with Crippen LogP contribution in [0.25, 0.3) is 0 Å². The maximum Gasteiger partial charge on any atom is 0.0838 e. The molecule has 2 aliphatic rings. The molecule has 16 heavy (non-hydrogen) atoms. The molecule has 2 heterocycles. The quantitative estimate of drug-likeness (QED) is 0.724. The zero-order valence-electron chi connectivity index (χ0n) is 10.7. The molecule has 1 aliphatic heterocycles. The van der Waals surface area contributed by atoms with Gasteiger partial charge in [-0.05, 0) is 40.5 Å².